The van der Waals surface area contributed by atoms with Crippen LogP contribution in [-0.4, -0.2) is 25.7 Å². The van der Waals surface area contributed by atoms with Crippen LogP contribution < -0.4 is 10.2 Å². The van der Waals surface area contributed by atoms with E-state index in [0.29, 0.717) is 13.0 Å². The third kappa shape index (κ3) is 5.09. The molecule has 2 aliphatic rings. The lowest BCUT2D eigenvalue weighted by atomic mass is 9.90. The summed E-state index contributed by atoms with van der Waals surface area (Å²) in [5.41, 5.74) is 6.55. The molecular weight excluding hydrogens is 391 g/mol. The predicted octanol–water partition coefficient (Wildman–Crippen LogP) is 5.58. The van der Waals surface area contributed by atoms with Crippen LogP contribution >= 0.6 is 0 Å². The van der Waals surface area contributed by atoms with Crippen LogP contribution in [0, 0.1) is 18.2 Å². The maximum atomic E-state index is 13.6. The van der Waals surface area contributed by atoms with Crippen LogP contribution in [0.3, 0.4) is 0 Å². The van der Waals surface area contributed by atoms with Gasteiger partial charge in [-0.05, 0) is 71.7 Å². The van der Waals surface area contributed by atoms with Crippen molar-refractivity contribution in [2.75, 3.05) is 30.0 Å². The van der Waals surface area contributed by atoms with Gasteiger partial charge in [0.2, 0.25) is 5.91 Å². The number of benzene rings is 2. The van der Waals surface area contributed by atoms with Crippen molar-refractivity contribution in [1.82, 2.24) is 0 Å². The van der Waals surface area contributed by atoms with E-state index in [-0.39, 0.29) is 23.1 Å². The Hall–Kier alpha value is -2.40. The number of rotatable bonds is 4. The number of nitrogens with zero attached hydrogens (tertiary/aromatic N) is 1. The average Bonchev–Trinajstić information content (AvgIpc) is 3.22. The van der Waals surface area contributed by atoms with Gasteiger partial charge in [-0.2, -0.15) is 0 Å². The maximum absolute atomic E-state index is 13.6. The molecule has 166 valence electrons. The van der Waals surface area contributed by atoms with Gasteiger partial charge in [-0.1, -0.05) is 26.8 Å². The van der Waals surface area contributed by atoms with Gasteiger partial charge in [0.05, 0.1) is 6.61 Å². The predicted molar refractivity (Wildman–Crippen MR) is 123 cm³/mol. The van der Waals surface area contributed by atoms with Crippen molar-refractivity contribution in [3.8, 4) is 0 Å². The van der Waals surface area contributed by atoms with Crippen molar-refractivity contribution in [1.29, 1.82) is 0 Å². The van der Waals surface area contributed by atoms with Crippen molar-refractivity contribution in [3.05, 3.63) is 58.4 Å². The van der Waals surface area contributed by atoms with Gasteiger partial charge in [0.25, 0.3) is 0 Å². The fourth-order valence-electron chi connectivity index (χ4n) is 4.66. The van der Waals surface area contributed by atoms with Crippen molar-refractivity contribution in [2.24, 2.45) is 5.41 Å². The number of ether oxygens (including phenoxy) is 1. The van der Waals surface area contributed by atoms with Crippen LogP contribution in [-0.2, 0) is 22.5 Å². The highest BCUT2D eigenvalue weighted by atomic mass is 19.1. The molecule has 1 N–H and O–H groups in total. The molecule has 0 spiro atoms. The number of nitrogens with one attached hydrogen (secondary N) is 1. The topological polar surface area (TPSA) is 41.6 Å². The Morgan fingerprint density at radius 2 is 2.03 bits per heavy atom. The van der Waals surface area contributed by atoms with Gasteiger partial charge in [0.1, 0.15) is 5.82 Å². The molecule has 0 bridgehead atoms. The maximum Gasteiger partial charge on any atom is 0.224 e. The number of aryl methyl sites for hydroxylation is 1. The zero-order chi connectivity index (χ0) is 22.2. The molecule has 2 aromatic rings. The van der Waals surface area contributed by atoms with E-state index < -0.39 is 0 Å². The van der Waals surface area contributed by atoms with Crippen molar-refractivity contribution < 1.29 is 13.9 Å². The summed E-state index contributed by atoms with van der Waals surface area (Å²) in [4.78, 5) is 15.1. The molecule has 1 unspecified atom stereocenters. The lowest BCUT2D eigenvalue weighted by Gasteiger charge is -2.32. The molecule has 1 fully saturated rings. The largest absolute Gasteiger partial charge is 0.381 e. The first-order valence-corrected chi connectivity index (χ1v) is 11.2. The van der Waals surface area contributed by atoms with Crippen LogP contribution in [0.2, 0.25) is 0 Å². The van der Waals surface area contributed by atoms with Gasteiger partial charge < -0.3 is 15.0 Å². The fourth-order valence-corrected chi connectivity index (χ4v) is 4.66. The summed E-state index contributed by atoms with van der Waals surface area (Å²) in [6, 6.07) is 9.50. The first kappa shape index (κ1) is 21.8. The minimum Gasteiger partial charge on any atom is -0.381 e. The van der Waals surface area contributed by atoms with Crippen molar-refractivity contribution in [2.45, 2.75) is 59.4 Å². The van der Waals surface area contributed by atoms with E-state index in [2.05, 4.69) is 50.0 Å². The Morgan fingerprint density at radius 3 is 2.74 bits per heavy atom. The van der Waals surface area contributed by atoms with Crippen molar-refractivity contribution >= 4 is 17.3 Å². The zero-order valence-corrected chi connectivity index (χ0v) is 19.1. The van der Waals surface area contributed by atoms with Crippen LogP contribution in [0.15, 0.2) is 30.3 Å². The van der Waals surface area contributed by atoms with Gasteiger partial charge in [0.15, 0.2) is 0 Å². The Bertz CT molecular complexity index is 974. The van der Waals surface area contributed by atoms with Crippen molar-refractivity contribution in [3.63, 3.8) is 0 Å². The quantitative estimate of drug-likeness (QED) is 0.697. The second-order valence-electron chi connectivity index (χ2n) is 10.2. The van der Waals surface area contributed by atoms with E-state index in [1.807, 2.05) is 6.07 Å². The molecule has 1 atom stereocenters. The number of amides is 1. The van der Waals surface area contributed by atoms with E-state index in [0.717, 1.165) is 55.0 Å². The summed E-state index contributed by atoms with van der Waals surface area (Å²) in [5, 5.41) is 3.21. The van der Waals surface area contributed by atoms with Gasteiger partial charge in [-0.25, -0.2) is 4.39 Å². The summed E-state index contributed by atoms with van der Waals surface area (Å²) in [7, 11) is 0. The second-order valence-corrected chi connectivity index (χ2v) is 10.2. The van der Waals surface area contributed by atoms with Gasteiger partial charge in [-0.15, -0.1) is 0 Å². The molecule has 0 radical (unpaired) electrons. The number of halogens is 1. The summed E-state index contributed by atoms with van der Waals surface area (Å²) in [6.07, 6.45) is 2.28. The minimum absolute atomic E-state index is 0.0532. The molecule has 2 heterocycles. The monoisotopic (exact) mass is 424 g/mol. The van der Waals surface area contributed by atoms with Gasteiger partial charge in [-0.3, -0.25) is 4.79 Å². The smallest absolute Gasteiger partial charge is 0.224 e. The molecule has 2 aliphatic heterocycles. The summed E-state index contributed by atoms with van der Waals surface area (Å²) in [5.74, 6) is 0.175. The lowest BCUT2D eigenvalue weighted by molar-refractivity contribution is -0.117. The van der Waals surface area contributed by atoms with Crippen LogP contribution in [0.5, 0.6) is 0 Å². The Balaban J connectivity index is 1.64. The SMILES string of the molecule is Cc1cc(N2CCc3cc(F)ccc3C2)cc(C2CCOC2)c1NC(=O)CC(C)(C)C. The third-order valence-electron chi connectivity index (χ3n) is 6.22. The normalized spacial score (nSPS) is 18.7. The highest BCUT2D eigenvalue weighted by Crippen LogP contribution is 2.38. The van der Waals surface area contributed by atoms with E-state index in [1.165, 1.54) is 11.1 Å². The number of hydrogen-bond acceptors (Lipinski definition) is 3. The number of anilines is 2. The average molecular weight is 425 g/mol. The summed E-state index contributed by atoms with van der Waals surface area (Å²) < 4.78 is 19.3. The number of fused-ring (bicyclic) bond motifs is 1. The Kier molecular flexibility index (Phi) is 6.07. The molecule has 5 heteroatoms. The molecule has 0 saturated carbocycles. The molecule has 31 heavy (non-hydrogen) atoms. The highest BCUT2D eigenvalue weighted by Gasteiger charge is 2.26. The van der Waals surface area contributed by atoms with Crippen LogP contribution in [0.25, 0.3) is 0 Å². The fraction of sp³-hybridized carbons (Fsp3) is 0.500. The Morgan fingerprint density at radius 1 is 1.23 bits per heavy atom. The lowest BCUT2D eigenvalue weighted by Crippen LogP contribution is -2.30. The molecule has 4 rings (SSSR count). The molecule has 1 amide bonds. The summed E-state index contributed by atoms with van der Waals surface area (Å²) >= 11 is 0. The standard InChI is InChI=1S/C26H33FN2O2/c1-17-11-22(29-9-7-18-12-21(27)6-5-19(18)15-29)13-23(20-8-10-31-16-20)25(17)28-24(30)14-26(2,3)4/h5-6,11-13,20H,7-10,14-16H2,1-4H3,(H,28,30). The first-order valence-electron chi connectivity index (χ1n) is 11.2. The molecule has 1 saturated heterocycles. The van der Waals surface area contributed by atoms with Crippen LogP contribution in [0.1, 0.15) is 61.8 Å². The van der Waals surface area contributed by atoms with E-state index in [9.17, 15) is 9.18 Å². The van der Waals surface area contributed by atoms with Gasteiger partial charge in [0, 0.05) is 43.4 Å². The Labute approximate surface area is 184 Å². The number of hydrogen-bond donors (Lipinski definition) is 1. The first-order chi connectivity index (χ1) is 14.7. The number of carbonyl (C=O) groups is 1. The minimum atomic E-state index is -0.165. The summed E-state index contributed by atoms with van der Waals surface area (Å²) in [6.45, 7) is 11.4. The van der Waals surface area contributed by atoms with E-state index >= 15 is 0 Å². The molecular formula is C26H33FN2O2. The zero-order valence-electron chi connectivity index (χ0n) is 19.1. The van der Waals surface area contributed by atoms with E-state index in [4.69, 9.17) is 4.74 Å². The highest BCUT2D eigenvalue weighted by molar-refractivity contribution is 5.93. The van der Waals surface area contributed by atoms with Gasteiger partial charge >= 0.3 is 0 Å². The molecule has 0 aliphatic carbocycles. The van der Waals surface area contributed by atoms with E-state index in [1.54, 1.807) is 12.1 Å². The number of carbonyl (C=O) groups excluding carboxylic acids is 1. The molecule has 2 aromatic carbocycles. The third-order valence-corrected chi connectivity index (χ3v) is 6.22. The van der Waals surface area contributed by atoms with Crippen LogP contribution in [0.4, 0.5) is 15.8 Å². The molecule has 4 nitrogen and oxygen atoms in total. The second kappa shape index (κ2) is 8.62. The molecule has 0 aromatic heterocycles.